The molecule has 0 bridgehead atoms. The molecular weight excluding hydrogens is 232 g/mol. The van der Waals surface area contributed by atoms with E-state index < -0.39 is 12.0 Å². The molecule has 0 heterocycles. The fraction of sp³-hybridized carbons (Fsp3) is 0.846. The molecule has 0 aromatic carbocycles. The van der Waals surface area contributed by atoms with Crippen molar-refractivity contribution >= 4 is 12.0 Å². The second-order valence-corrected chi connectivity index (χ2v) is 5.04. The van der Waals surface area contributed by atoms with Crippen LogP contribution in [0.2, 0.25) is 0 Å². The van der Waals surface area contributed by atoms with Gasteiger partial charge in [0.25, 0.3) is 0 Å². The predicted octanol–water partition coefficient (Wildman–Crippen LogP) is 2.12. The lowest BCUT2D eigenvalue weighted by molar-refractivity contribution is -0.139. The second-order valence-electron chi connectivity index (χ2n) is 5.04. The van der Waals surface area contributed by atoms with Gasteiger partial charge in [0.2, 0.25) is 0 Å². The van der Waals surface area contributed by atoms with Crippen LogP contribution in [-0.4, -0.2) is 29.7 Å². The first-order valence-corrected chi connectivity index (χ1v) is 6.90. The Morgan fingerprint density at radius 2 is 1.94 bits per heavy atom. The van der Waals surface area contributed by atoms with Gasteiger partial charge in [-0.05, 0) is 25.2 Å². The highest BCUT2D eigenvalue weighted by Crippen LogP contribution is 2.22. The van der Waals surface area contributed by atoms with Crippen LogP contribution in [0.15, 0.2) is 0 Å². The molecule has 2 amide bonds. The number of aliphatic carboxylic acids is 1. The van der Waals surface area contributed by atoms with Crippen molar-refractivity contribution in [1.82, 2.24) is 10.6 Å². The van der Waals surface area contributed by atoms with Gasteiger partial charge < -0.3 is 15.7 Å². The lowest BCUT2D eigenvalue weighted by atomic mass is 9.89. The second kappa shape index (κ2) is 7.95. The van der Waals surface area contributed by atoms with Crippen molar-refractivity contribution in [3.8, 4) is 0 Å². The normalized spacial score (nSPS) is 18.1. The molecule has 18 heavy (non-hydrogen) atoms. The highest BCUT2D eigenvalue weighted by molar-refractivity contribution is 5.82. The summed E-state index contributed by atoms with van der Waals surface area (Å²) in [6.45, 7) is 2.56. The molecule has 0 aromatic rings. The zero-order valence-electron chi connectivity index (χ0n) is 11.1. The molecule has 3 N–H and O–H groups in total. The Balaban J connectivity index is 2.24. The van der Waals surface area contributed by atoms with E-state index in [9.17, 15) is 9.59 Å². The average molecular weight is 256 g/mol. The monoisotopic (exact) mass is 256 g/mol. The zero-order valence-corrected chi connectivity index (χ0v) is 11.1. The van der Waals surface area contributed by atoms with Crippen LogP contribution >= 0.6 is 0 Å². The summed E-state index contributed by atoms with van der Waals surface area (Å²) in [5.74, 6) is -0.413. The van der Waals surface area contributed by atoms with Gasteiger partial charge in [0.15, 0.2) is 0 Å². The molecule has 1 saturated carbocycles. The van der Waals surface area contributed by atoms with Crippen molar-refractivity contribution in [2.75, 3.05) is 6.54 Å². The third-order valence-corrected chi connectivity index (χ3v) is 3.46. The number of rotatable bonds is 6. The van der Waals surface area contributed by atoms with Crippen molar-refractivity contribution in [2.45, 2.75) is 57.9 Å². The molecule has 1 fully saturated rings. The SMILES string of the molecule is CCC[C@H](NC(=O)NCC1CCCCC1)C(=O)O. The van der Waals surface area contributed by atoms with Gasteiger partial charge in [-0.3, -0.25) is 0 Å². The van der Waals surface area contributed by atoms with Gasteiger partial charge in [0, 0.05) is 6.54 Å². The van der Waals surface area contributed by atoms with Crippen LogP contribution in [0.1, 0.15) is 51.9 Å². The van der Waals surface area contributed by atoms with Crippen LogP contribution in [0.4, 0.5) is 4.79 Å². The molecule has 5 heteroatoms. The van der Waals surface area contributed by atoms with Crippen molar-refractivity contribution in [1.29, 1.82) is 0 Å². The minimum absolute atomic E-state index is 0.360. The summed E-state index contributed by atoms with van der Waals surface area (Å²) in [6.07, 6.45) is 7.30. The lowest BCUT2D eigenvalue weighted by Crippen LogP contribution is -2.47. The van der Waals surface area contributed by atoms with Crippen LogP contribution in [0.25, 0.3) is 0 Å². The molecule has 1 rings (SSSR count). The number of amides is 2. The molecule has 0 saturated heterocycles. The summed E-state index contributed by atoms with van der Waals surface area (Å²) < 4.78 is 0. The maximum absolute atomic E-state index is 11.6. The highest BCUT2D eigenvalue weighted by Gasteiger charge is 2.19. The summed E-state index contributed by atoms with van der Waals surface area (Å²) >= 11 is 0. The van der Waals surface area contributed by atoms with E-state index >= 15 is 0 Å². The Morgan fingerprint density at radius 1 is 1.28 bits per heavy atom. The first-order chi connectivity index (χ1) is 8.63. The Labute approximate surface area is 108 Å². The van der Waals surface area contributed by atoms with Gasteiger partial charge in [-0.15, -0.1) is 0 Å². The first kappa shape index (κ1) is 14.8. The van der Waals surface area contributed by atoms with Gasteiger partial charge in [-0.2, -0.15) is 0 Å². The largest absolute Gasteiger partial charge is 0.480 e. The van der Waals surface area contributed by atoms with Crippen molar-refractivity contribution in [2.24, 2.45) is 5.92 Å². The first-order valence-electron chi connectivity index (χ1n) is 6.90. The minimum Gasteiger partial charge on any atom is -0.480 e. The number of hydrogen-bond acceptors (Lipinski definition) is 2. The average Bonchev–Trinajstić information content (AvgIpc) is 2.37. The van der Waals surface area contributed by atoms with E-state index in [1.54, 1.807) is 0 Å². The van der Waals surface area contributed by atoms with E-state index in [0.717, 1.165) is 19.3 Å². The molecular formula is C13H24N2O3. The van der Waals surface area contributed by atoms with E-state index in [1.165, 1.54) is 19.3 Å². The van der Waals surface area contributed by atoms with Crippen molar-refractivity contribution in [3.63, 3.8) is 0 Å². The van der Waals surface area contributed by atoms with E-state index in [4.69, 9.17) is 5.11 Å². The van der Waals surface area contributed by atoms with Crippen molar-refractivity contribution < 1.29 is 14.7 Å². The quantitative estimate of drug-likeness (QED) is 0.681. The third-order valence-electron chi connectivity index (χ3n) is 3.46. The molecule has 0 aliphatic heterocycles. The standard InChI is InChI=1S/C13H24N2O3/c1-2-6-11(12(16)17)15-13(18)14-9-10-7-4-3-5-8-10/h10-11H,2-9H2,1H3,(H,16,17)(H2,14,15,18)/t11-/m0/s1. The number of hydrogen-bond donors (Lipinski definition) is 3. The molecule has 5 nitrogen and oxygen atoms in total. The molecule has 0 unspecified atom stereocenters. The fourth-order valence-electron chi connectivity index (χ4n) is 2.38. The molecule has 0 aromatic heterocycles. The number of carboxylic acid groups (broad SMARTS) is 1. The minimum atomic E-state index is -0.968. The Hall–Kier alpha value is -1.26. The summed E-state index contributed by atoms with van der Waals surface area (Å²) in [5.41, 5.74) is 0. The van der Waals surface area contributed by atoms with Gasteiger partial charge in [-0.1, -0.05) is 32.6 Å². The molecule has 0 spiro atoms. The topological polar surface area (TPSA) is 78.4 Å². The smallest absolute Gasteiger partial charge is 0.326 e. The third kappa shape index (κ3) is 5.38. The van der Waals surface area contributed by atoms with Gasteiger partial charge in [0.05, 0.1) is 0 Å². The summed E-state index contributed by atoms with van der Waals surface area (Å²) in [6, 6.07) is -1.14. The summed E-state index contributed by atoms with van der Waals surface area (Å²) in [4.78, 5) is 22.5. The van der Waals surface area contributed by atoms with Gasteiger partial charge >= 0.3 is 12.0 Å². The summed E-state index contributed by atoms with van der Waals surface area (Å²) in [5, 5.41) is 14.2. The fourth-order valence-corrected chi connectivity index (χ4v) is 2.38. The van der Waals surface area contributed by atoms with Crippen LogP contribution < -0.4 is 10.6 Å². The highest BCUT2D eigenvalue weighted by atomic mass is 16.4. The molecule has 1 aliphatic rings. The molecule has 1 atom stereocenters. The molecule has 104 valence electrons. The van der Waals surface area contributed by atoms with Crippen LogP contribution in [0, 0.1) is 5.92 Å². The molecule has 0 radical (unpaired) electrons. The number of carbonyl (C=O) groups excluding carboxylic acids is 1. The van der Waals surface area contributed by atoms with E-state index in [1.807, 2.05) is 6.92 Å². The Kier molecular flexibility index (Phi) is 6.54. The lowest BCUT2D eigenvalue weighted by Gasteiger charge is -2.22. The maximum Gasteiger partial charge on any atom is 0.326 e. The number of carbonyl (C=O) groups is 2. The summed E-state index contributed by atoms with van der Waals surface area (Å²) in [7, 11) is 0. The van der Waals surface area contributed by atoms with E-state index in [0.29, 0.717) is 18.9 Å². The Bertz CT molecular complexity index is 275. The number of nitrogens with one attached hydrogen (secondary N) is 2. The Morgan fingerprint density at radius 3 is 2.50 bits per heavy atom. The van der Waals surface area contributed by atoms with Crippen LogP contribution in [-0.2, 0) is 4.79 Å². The zero-order chi connectivity index (χ0) is 13.4. The molecule has 1 aliphatic carbocycles. The van der Waals surface area contributed by atoms with E-state index in [-0.39, 0.29) is 6.03 Å². The number of carboxylic acids is 1. The predicted molar refractivity (Wildman–Crippen MR) is 69.4 cm³/mol. The van der Waals surface area contributed by atoms with Crippen molar-refractivity contribution in [3.05, 3.63) is 0 Å². The van der Waals surface area contributed by atoms with Gasteiger partial charge in [-0.25, -0.2) is 9.59 Å². The van der Waals surface area contributed by atoms with E-state index in [2.05, 4.69) is 10.6 Å². The maximum atomic E-state index is 11.6. The van der Waals surface area contributed by atoms with Crippen LogP contribution in [0.3, 0.4) is 0 Å². The number of urea groups is 1. The van der Waals surface area contributed by atoms with Crippen LogP contribution in [0.5, 0.6) is 0 Å². The van der Waals surface area contributed by atoms with Gasteiger partial charge in [0.1, 0.15) is 6.04 Å².